The van der Waals surface area contributed by atoms with Crippen LogP contribution in [0, 0.1) is 5.82 Å². The Kier molecular flexibility index (Phi) is 4.06. The zero-order valence-electron chi connectivity index (χ0n) is 12.3. The number of amides is 1. The second-order valence-electron chi connectivity index (χ2n) is 4.87. The third-order valence-electron chi connectivity index (χ3n) is 3.27. The Balaban J connectivity index is 1.79. The van der Waals surface area contributed by atoms with Gasteiger partial charge in [0.1, 0.15) is 23.6 Å². The Morgan fingerprint density at radius 3 is 2.92 bits per heavy atom. The Labute approximate surface area is 135 Å². The molecule has 0 unspecified atom stereocenters. The zero-order valence-corrected chi connectivity index (χ0v) is 12.3. The van der Waals surface area contributed by atoms with Gasteiger partial charge in [0.2, 0.25) is 0 Å². The highest BCUT2D eigenvalue weighted by molar-refractivity contribution is 5.94. The second-order valence-corrected chi connectivity index (χ2v) is 4.87. The third-order valence-corrected chi connectivity index (χ3v) is 3.27. The molecule has 0 saturated heterocycles. The monoisotopic (exact) mass is 328 g/mol. The Morgan fingerprint density at radius 2 is 2.17 bits per heavy atom. The fourth-order valence-corrected chi connectivity index (χ4v) is 2.05. The van der Waals surface area contributed by atoms with Gasteiger partial charge in [0.25, 0.3) is 5.91 Å². The number of benzene rings is 1. The molecule has 2 heterocycles. The topological polar surface area (TPSA) is 119 Å². The molecule has 122 valence electrons. The van der Waals surface area contributed by atoms with E-state index in [2.05, 4.69) is 20.4 Å². The largest absolute Gasteiger partial charge is 0.504 e. The summed E-state index contributed by atoms with van der Waals surface area (Å²) >= 11 is 0. The van der Waals surface area contributed by atoms with Gasteiger partial charge in [-0.3, -0.25) is 4.79 Å². The average Bonchev–Trinajstić information content (AvgIpc) is 2.96. The van der Waals surface area contributed by atoms with Crippen LogP contribution >= 0.6 is 0 Å². The summed E-state index contributed by atoms with van der Waals surface area (Å²) in [6.45, 7) is 0.0670. The van der Waals surface area contributed by atoms with E-state index in [9.17, 15) is 14.3 Å². The number of anilines is 1. The molecule has 1 aromatic carbocycles. The maximum Gasteiger partial charge on any atom is 0.275 e. The van der Waals surface area contributed by atoms with Crippen LogP contribution in [0.2, 0.25) is 0 Å². The van der Waals surface area contributed by atoms with E-state index in [0.717, 1.165) is 10.9 Å². The maximum atomic E-state index is 13.8. The van der Waals surface area contributed by atoms with Crippen molar-refractivity contribution in [3.8, 4) is 11.4 Å². The van der Waals surface area contributed by atoms with Crippen molar-refractivity contribution in [1.82, 2.24) is 25.1 Å². The molecule has 24 heavy (non-hydrogen) atoms. The predicted octanol–water partition coefficient (Wildman–Crippen LogP) is 1.02. The van der Waals surface area contributed by atoms with E-state index >= 15 is 0 Å². The maximum absolute atomic E-state index is 13.8. The molecule has 3 rings (SSSR count). The van der Waals surface area contributed by atoms with E-state index in [1.165, 1.54) is 30.7 Å². The van der Waals surface area contributed by atoms with Crippen LogP contribution in [-0.4, -0.2) is 30.8 Å². The van der Waals surface area contributed by atoms with Gasteiger partial charge >= 0.3 is 0 Å². The van der Waals surface area contributed by atoms with Crippen LogP contribution < -0.4 is 11.1 Å². The van der Waals surface area contributed by atoms with E-state index in [-0.39, 0.29) is 29.5 Å². The number of aromatic hydroxyl groups is 1. The van der Waals surface area contributed by atoms with E-state index < -0.39 is 11.7 Å². The number of carbonyl (C=O) groups excluding carboxylic acids is 1. The minimum absolute atomic E-state index is 0.0670. The standard InChI is InChI=1S/C15H13FN6O2/c16-10-3-1-2-4-11(10)22-7-12(23)13(21-22)15(24)19-6-9-5-18-8-20-14(9)17/h1-5,7-8,23H,6H2,(H,19,24)(H2,17,18,20). The summed E-state index contributed by atoms with van der Waals surface area (Å²) in [6, 6.07) is 5.88. The number of rotatable bonds is 4. The third kappa shape index (κ3) is 3.00. The zero-order chi connectivity index (χ0) is 17.1. The van der Waals surface area contributed by atoms with E-state index in [1.54, 1.807) is 6.07 Å². The van der Waals surface area contributed by atoms with Gasteiger partial charge in [-0.15, -0.1) is 0 Å². The number of hydrogen-bond donors (Lipinski definition) is 3. The lowest BCUT2D eigenvalue weighted by molar-refractivity contribution is 0.0943. The first kappa shape index (κ1) is 15.4. The van der Waals surface area contributed by atoms with Crippen LogP contribution in [0.4, 0.5) is 10.2 Å². The van der Waals surface area contributed by atoms with E-state index in [1.807, 2.05) is 0 Å². The van der Waals surface area contributed by atoms with Gasteiger partial charge in [-0.25, -0.2) is 19.0 Å². The second kappa shape index (κ2) is 6.32. The number of aromatic nitrogens is 4. The van der Waals surface area contributed by atoms with Crippen molar-refractivity contribution in [2.24, 2.45) is 0 Å². The van der Waals surface area contributed by atoms with Gasteiger partial charge in [-0.2, -0.15) is 5.10 Å². The fourth-order valence-electron chi connectivity index (χ4n) is 2.05. The summed E-state index contributed by atoms with van der Waals surface area (Å²) in [4.78, 5) is 19.8. The first-order chi connectivity index (χ1) is 11.6. The molecule has 0 spiro atoms. The van der Waals surface area contributed by atoms with Crippen molar-refractivity contribution in [2.45, 2.75) is 6.54 Å². The molecule has 1 amide bonds. The molecule has 0 saturated carbocycles. The van der Waals surface area contributed by atoms with Gasteiger partial charge < -0.3 is 16.2 Å². The lowest BCUT2D eigenvalue weighted by Crippen LogP contribution is -2.24. The molecule has 0 aliphatic heterocycles. The molecule has 0 aliphatic rings. The number of hydrogen-bond acceptors (Lipinski definition) is 6. The van der Waals surface area contributed by atoms with E-state index in [4.69, 9.17) is 5.73 Å². The van der Waals surface area contributed by atoms with Crippen molar-refractivity contribution in [3.05, 3.63) is 60.1 Å². The number of nitrogens with two attached hydrogens (primary N) is 1. The summed E-state index contributed by atoms with van der Waals surface area (Å²) in [6.07, 6.45) is 3.93. The molecule has 0 aliphatic carbocycles. The molecule has 3 aromatic rings. The Morgan fingerprint density at radius 1 is 1.38 bits per heavy atom. The number of halogens is 1. The normalized spacial score (nSPS) is 10.5. The molecule has 0 bridgehead atoms. The summed E-state index contributed by atoms with van der Waals surface area (Å²) in [7, 11) is 0. The van der Waals surface area contributed by atoms with Crippen LogP contribution in [-0.2, 0) is 6.54 Å². The lowest BCUT2D eigenvalue weighted by Gasteiger charge is -2.05. The van der Waals surface area contributed by atoms with Crippen LogP contribution in [0.25, 0.3) is 5.69 Å². The van der Waals surface area contributed by atoms with Crippen molar-refractivity contribution in [3.63, 3.8) is 0 Å². The molecule has 0 radical (unpaired) electrons. The summed E-state index contributed by atoms with van der Waals surface area (Å²) in [5.41, 5.74) is 6.08. The molecular formula is C15H13FN6O2. The number of nitrogen functional groups attached to an aromatic ring is 1. The molecule has 0 fully saturated rings. The Hall–Kier alpha value is -3.49. The predicted molar refractivity (Wildman–Crippen MR) is 82.8 cm³/mol. The molecular weight excluding hydrogens is 315 g/mol. The van der Waals surface area contributed by atoms with Crippen molar-refractivity contribution in [2.75, 3.05) is 5.73 Å². The van der Waals surface area contributed by atoms with Gasteiger partial charge in [-0.1, -0.05) is 12.1 Å². The fraction of sp³-hybridized carbons (Fsp3) is 0.0667. The SMILES string of the molecule is Nc1ncncc1CNC(=O)c1nn(-c2ccccc2F)cc1O. The van der Waals surface area contributed by atoms with Crippen molar-refractivity contribution < 1.29 is 14.3 Å². The number of nitrogens with one attached hydrogen (secondary N) is 1. The smallest absolute Gasteiger partial charge is 0.275 e. The Bertz CT molecular complexity index is 895. The van der Waals surface area contributed by atoms with Crippen LogP contribution in [0.15, 0.2) is 43.0 Å². The first-order valence-corrected chi connectivity index (χ1v) is 6.92. The summed E-state index contributed by atoms with van der Waals surface area (Å²) in [5, 5.41) is 16.4. The summed E-state index contributed by atoms with van der Waals surface area (Å²) in [5.74, 6) is -1.29. The number of para-hydroxylation sites is 1. The van der Waals surface area contributed by atoms with Crippen LogP contribution in [0.3, 0.4) is 0 Å². The number of carbonyl (C=O) groups is 1. The summed E-state index contributed by atoms with van der Waals surface area (Å²) < 4.78 is 14.9. The minimum atomic E-state index is -0.633. The van der Waals surface area contributed by atoms with Crippen LogP contribution in [0.1, 0.15) is 16.1 Å². The van der Waals surface area contributed by atoms with E-state index in [0.29, 0.717) is 5.56 Å². The average molecular weight is 328 g/mol. The first-order valence-electron chi connectivity index (χ1n) is 6.92. The highest BCUT2D eigenvalue weighted by atomic mass is 19.1. The van der Waals surface area contributed by atoms with Gasteiger partial charge in [0, 0.05) is 18.3 Å². The van der Waals surface area contributed by atoms with Gasteiger partial charge in [0.05, 0.1) is 6.20 Å². The lowest BCUT2D eigenvalue weighted by atomic mass is 10.3. The van der Waals surface area contributed by atoms with Crippen molar-refractivity contribution in [1.29, 1.82) is 0 Å². The molecule has 2 aromatic heterocycles. The molecule has 4 N–H and O–H groups in total. The highest BCUT2D eigenvalue weighted by Crippen LogP contribution is 2.20. The van der Waals surface area contributed by atoms with Crippen LogP contribution in [0.5, 0.6) is 5.75 Å². The molecule has 8 nitrogen and oxygen atoms in total. The molecule has 9 heteroatoms. The molecule has 0 atom stereocenters. The van der Waals surface area contributed by atoms with Gasteiger partial charge in [0.15, 0.2) is 11.4 Å². The van der Waals surface area contributed by atoms with Gasteiger partial charge in [-0.05, 0) is 12.1 Å². The highest BCUT2D eigenvalue weighted by Gasteiger charge is 2.18. The minimum Gasteiger partial charge on any atom is -0.504 e. The number of nitrogens with zero attached hydrogens (tertiary/aromatic N) is 4. The quantitative estimate of drug-likeness (QED) is 0.658. The van der Waals surface area contributed by atoms with Crippen molar-refractivity contribution >= 4 is 11.7 Å².